The van der Waals surface area contributed by atoms with E-state index in [1.165, 1.54) is 34.5 Å². The van der Waals surface area contributed by atoms with Gasteiger partial charge < -0.3 is 10.1 Å². The minimum absolute atomic E-state index is 0.262. The number of rotatable bonds is 6. The fourth-order valence-corrected chi connectivity index (χ4v) is 5.46. The largest absolute Gasteiger partial charge is 0.488 e. The van der Waals surface area contributed by atoms with Crippen molar-refractivity contribution in [2.45, 2.75) is 31.9 Å². The highest BCUT2D eigenvalue weighted by Crippen LogP contribution is 2.50. The monoisotopic (exact) mass is 488 g/mol. The Hall–Kier alpha value is -4.18. The summed E-state index contributed by atoms with van der Waals surface area (Å²) in [6.07, 6.45) is 7.61. The highest BCUT2D eigenvalue weighted by Gasteiger charge is 2.37. The van der Waals surface area contributed by atoms with Gasteiger partial charge in [0.25, 0.3) is 0 Å². The van der Waals surface area contributed by atoms with Gasteiger partial charge in [0.1, 0.15) is 18.2 Å². The molecule has 1 aliphatic heterocycles. The van der Waals surface area contributed by atoms with Crippen LogP contribution in [0.1, 0.15) is 46.2 Å². The van der Waals surface area contributed by atoms with Gasteiger partial charge in [-0.3, -0.25) is 4.99 Å². The third-order valence-electron chi connectivity index (χ3n) is 7.33. The predicted octanol–water partition coefficient (Wildman–Crippen LogP) is 8.29. The van der Waals surface area contributed by atoms with E-state index in [0.717, 1.165) is 23.2 Å². The van der Waals surface area contributed by atoms with Crippen LogP contribution in [0.15, 0.2) is 108 Å². The SMILES string of the molecule is Cc1ccc2c(c1)[C@@H]1C=CC[C@H]1[C@H](c1ccc(N=Cc3ccccc3OCc3cccc(F)c3)cc1)N2. The number of nitrogens with one attached hydrogen (secondary N) is 1. The Morgan fingerprint density at radius 1 is 0.973 bits per heavy atom. The zero-order valence-electron chi connectivity index (χ0n) is 20.8. The molecule has 4 heteroatoms. The summed E-state index contributed by atoms with van der Waals surface area (Å²) in [6.45, 7) is 2.46. The highest BCUT2D eigenvalue weighted by atomic mass is 19.1. The number of aryl methyl sites for hydroxylation is 1. The molecule has 37 heavy (non-hydrogen) atoms. The van der Waals surface area contributed by atoms with Crippen molar-refractivity contribution < 1.29 is 9.13 Å². The summed E-state index contributed by atoms with van der Waals surface area (Å²) in [5.41, 5.74) is 7.79. The van der Waals surface area contributed by atoms with Crippen LogP contribution < -0.4 is 10.1 Å². The maximum absolute atomic E-state index is 13.5. The summed E-state index contributed by atoms with van der Waals surface area (Å²) in [4.78, 5) is 4.71. The van der Waals surface area contributed by atoms with E-state index in [-0.39, 0.29) is 11.9 Å². The van der Waals surface area contributed by atoms with Gasteiger partial charge in [0, 0.05) is 23.4 Å². The number of ether oxygens (including phenoxy) is 1. The fourth-order valence-electron chi connectivity index (χ4n) is 5.46. The number of anilines is 1. The van der Waals surface area contributed by atoms with Gasteiger partial charge in [0.05, 0.1) is 11.7 Å². The van der Waals surface area contributed by atoms with Gasteiger partial charge in [-0.1, -0.05) is 66.2 Å². The molecular weight excluding hydrogens is 459 g/mol. The third kappa shape index (κ3) is 4.92. The van der Waals surface area contributed by atoms with Crippen LogP contribution in [0.25, 0.3) is 0 Å². The van der Waals surface area contributed by atoms with Crippen LogP contribution in [0.2, 0.25) is 0 Å². The van der Waals surface area contributed by atoms with E-state index in [1.807, 2.05) is 36.5 Å². The van der Waals surface area contributed by atoms with Crippen molar-refractivity contribution in [1.29, 1.82) is 0 Å². The molecule has 3 nitrogen and oxygen atoms in total. The van der Waals surface area contributed by atoms with Gasteiger partial charge >= 0.3 is 0 Å². The van der Waals surface area contributed by atoms with Gasteiger partial charge in [-0.05, 0) is 78.4 Å². The van der Waals surface area contributed by atoms with E-state index in [1.54, 1.807) is 6.07 Å². The summed E-state index contributed by atoms with van der Waals surface area (Å²) in [5, 5.41) is 3.81. The number of hydrogen-bond donors (Lipinski definition) is 1. The average molecular weight is 489 g/mol. The van der Waals surface area contributed by atoms with Crippen molar-refractivity contribution in [3.63, 3.8) is 0 Å². The molecule has 4 aromatic rings. The molecule has 1 aliphatic carbocycles. The Morgan fingerprint density at radius 3 is 2.70 bits per heavy atom. The second-order valence-corrected chi connectivity index (χ2v) is 9.87. The lowest BCUT2D eigenvalue weighted by Crippen LogP contribution is -2.29. The normalized spacial score (nSPS) is 19.9. The van der Waals surface area contributed by atoms with Crippen molar-refractivity contribution in [2.24, 2.45) is 10.9 Å². The average Bonchev–Trinajstić information content (AvgIpc) is 3.42. The summed E-state index contributed by atoms with van der Waals surface area (Å²) < 4.78 is 19.5. The molecule has 4 aromatic carbocycles. The molecular formula is C33H29FN2O. The number of nitrogens with zero attached hydrogens (tertiary/aromatic N) is 1. The van der Waals surface area contributed by atoms with Crippen molar-refractivity contribution in [3.8, 4) is 5.75 Å². The number of fused-ring (bicyclic) bond motifs is 3. The molecule has 3 atom stereocenters. The number of benzene rings is 4. The van der Waals surface area contributed by atoms with Crippen molar-refractivity contribution in [1.82, 2.24) is 0 Å². The smallest absolute Gasteiger partial charge is 0.128 e. The van der Waals surface area contributed by atoms with Gasteiger partial charge in [-0.15, -0.1) is 0 Å². The minimum atomic E-state index is -0.262. The standard InChI is InChI=1S/C33H29FN2O/c1-22-12-17-31-30(18-22)28-9-5-10-29(28)33(36-31)24-13-15-27(16-14-24)35-20-25-7-2-3-11-32(25)37-21-23-6-4-8-26(34)19-23/h2-9,11-20,28-29,33,36H,10,21H2,1H3/t28-,29-,33+/m1/s1. The molecule has 0 saturated carbocycles. The van der Waals surface area contributed by atoms with E-state index < -0.39 is 0 Å². The van der Waals surface area contributed by atoms with Crippen LogP contribution >= 0.6 is 0 Å². The molecule has 1 N–H and O–H groups in total. The number of aliphatic imine (C=N–C) groups is 1. The molecule has 0 bridgehead atoms. The minimum Gasteiger partial charge on any atom is -0.488 e. The lowest BCUT2D eigenvalue weighted by molar-refractivity contribution is 0.305. The number of para-hydroxylation sites is 1. The second kappa shape index (κ2) is 10.1. The van der Waals surface area contributed by atoms with Gasteiger partial charge in [0.15, 0.2) is 0 Å². The van der Waals surface area contributed by atoms with Crippen LogP contribution in [0, 0.1) is 18.7 Å². The molecule has 0 saturated heterocycles. The number of halogens is 1. The molecule has 0 aromatic heterocycles. The number of hydrogen-bond acceptors (Lipinski definition) is 3. The van der Waals surface area contributed by atoms with Gasteiger partial charge in [0.2, 0.25) is 0 Å². The van der Waals surface area contributed by atoms with Gasteiger partial charge in [-0.2, -0.15) is 0 Å². The number of allylic oxidation sites excluding steroid dienone is 2. The molecule has 0 unspecified atom stereocenters. The molecule has 0 amide bonds. The van der Waals surface area contributed by atoms with Crippen LogP contribution in [0.5, 0.6) is 5.75 Å². The van der Waals surface area contributed by atoms with Crippen molar-refractivity contribution >= 4 is 17.6 Å². The van der Waals surface area contributed by atoms with E-state index in [2.05, 4.69) is 66.9 Å². The molecule has 184 valence electrons. The lowest BCUT2D eigenvalue weighted by atomic mass is 9.76. The second-order valence-electron chi connectivity index (χ2n) is 9.87. The van der Waals surface area contributed by atoms with Crippen LogP contribution in [-0.4, -0.2) is 6.21 Å². The quantitative estimate of drug-likeness (QED) is 0.219. The first-order valence-corrected chi connectivity index (χ1v) is 12.8. The van der Waals surface area contributed by atoms with Crippen LogP contribution in [0.4, 0.5) is 15.8 Å². The Morgan fingerprint density at radius 2 is 1.84 bits per heavy atom. The molecule has 0 spiro atoms. The molecule has 6 rings (SSSR count). The summed E-state index contributed by atoms with van der Waals surface area (Å²) in [7, 11) is 0. The topological polar surface area (TPSA) is 33.6 Å². The predicted molar refractivity (Wildman–Crippen MR) is 148 cm³/mol. The Bertz CT molecular complexity index is 1470. The Labute approximate surface area is 217 Å². The Kier molecular flexibility index (Phi) is 6.32. The van der Waals surface area contributed by atoms with Crippen molar-refractivity contribution in [3.05, 3.63) is 137 Å². The third-order valence-corrected chi connectivity index (χ3v) is 7.33. The first-order chi connectivity index (χ1) is 18.1. The van der Waals surface area contributed by atoms with E-state index in [9.17, 15) is 4.39 Å². The molecule has 0 fully saturated rings. The molecule has 2 aliphatic rings. The van der Waals surface area contributed by atoms with E-state index in [4.69, 9.17) is 9.73 Å². The first-order valence-electron chi connectivity index (χ1n) is 12.8. The lowest BCUT2D eigenvalue weighted by Gasteiger charge is -2.37. The summed E-state index contributed by atoms with van der Waals surface area (Å²) in [6, 6.07) is 29.7. The maximum atomic E-state index is 13.5. The fraction of sp³-hybridized carbons (Fsp3) is 0.182. The van der Waals surface area contributed by atoms with E-state index in [0.29, 0.717) is 24.2 Å². The summed E-state index contributed by atoms with van der Waals surface area (Å²) >= 11 is 0. The van der Waals surface area contributed by atoms with Crippen LogP contribution in [-0.2, 0) is 6.61 Å². The van der Waals surface area contributed by atoms with Gasteiger partial charge in [-0.25, -0.2) is 4.39 Å². The van der Waals surface area contributed by atoms with Crippen LogP contribution in [0.3, 0.4) is 0 Å². The molecule has 0 radical (unpaired) electrons. The Balaban J connectivity index is 1.17. The van der Waals surface area contributed by atoms with E-state index >= 15 is 0 Å². The highest BCUT2D eigenvalue weighted by molar-refractivity contribution is 5.85. The zero-order chi connectivity index (χ0) is 25.2. The van der Waals surface area contributed by atoms with Crippen molar-refractivity contribution in [2.75, 3.05) is 5.32 Å². The molecule has 1 heterocycles. The zero-order valence-corrected chi connectivity index (χ0v) is 20.8. The first kappa shape index (κ1) is 23.2. The maximum Gasteiger partial charge on any atom is 0.128 e. The summed E-state index contributed by atoms with van der Waals surface area (Å²) in [5.74, 6) is 1.43.